The number of rotatable bonds is 0. The molecular weight excluding hydrogens is 120 g/mol. The maximum Gasteiger partial charge on any atom is 0.280 e. The smallest absolute Gasteiger partial charge is 0.280 e. The third kappa shape index (κ3) is 0.852. The molecule has 2 heterocycles. The fraction of sp³-hybridized carbons (Fsp3) is 1.00. The molecule has 0 amide bonds. The molecule has 2 aliphatic heterocycles. The second-order valence-electron chi connectivity index (χ2n) is 2.55. The van der Waals surface area contributed by atoms with Crippen molar-refractivity contribution in [2.24, 2.45) is 0 Å². The van der Waals surface area contributed by atoms with Crippen LogP contribution in [0.2, 0.25) is 0 Å². The molecule has 52 valence electrons. The number of fused-ring (bicyclic) bond motifs is 2. The van der Waals surface area contributed by atoms with E-state index in [0.717, 1.165) is 13.0 Å². The third-order valence-electron chi connectivity index (χ3n) is 1.72. The summed E-state index contributed by atoms with van der Waals surface area (Å²) in [6.45, 7) is 3.27. The second-order valence-corrected chi connectivity index (χ2v) is 2.55. The summed E-state index contributed by atoms with van der Waals surface area (Å²) in [4.78, 5) is 0. The molecule has 2 aliphatic rings. The van der Waals surface area contributed by atoms with Crippen molar-refractivity contribution in [2.75, 3.05) is 13.2 Å². The molecule has 2 rings (SSSR count). The van der Waals surface area contributed by atoms with Gasteiger partial charge in [0.25, 0.3) is 5.97 Å². The highest BCUT2D eigenvalue weighted by molar-refractivity contribution is 4.72. The van der Waals surface area contributed by atoms with Gasteiger partial charge in [-0.05, 0) is 6.42 Å². The zero-order valence-electron chi connectivity index (χ0n) is 5.42. The molecule has 0 N–H and O–H groups in total. The highest BCUT2D eigenvalue weighted by Crippen LogP contribution is 2.30. The van der Waals surface area contributed by atoms with Gasteiger partial charge in [0.05, 0.1) is 19.3 Å². The Kier molecular flexibility index (Phi) is 1.06. The van der Waals surface area contributed by atoms with Gasteiger partial charge in [0.2, 0.25) is 0 Å². The number of ether oxygens (including phenoxy) is 3. The van der Waals surface area contributed by atoms with Crippen molar-refractivity contribution in [1.82, 2.24) is 0 Å². The molecule has 0 aromatic rings. The van der Waals surface area contributed by atoms with Gasteiger partial charge >= 0.3 is 0 Å². The summed E-state index contributed by atoms with van der Waals surface area (Å²) >= 11 is 0. The van der Waals surface area contributed by atoms with Crippen LogP contribution in [0.1, 0.15) is 13.3 Å². The van der Waals surface area contributed by atoms with Crippen molar-refractivity contribution in [3.63, 3.8) is 0 Å². The van der Waals surface area contributed by atoms with E-state index in [1.54, 1.807) is 0 Å². The van der Waals surface area contributed by atoms with E-state index in [2.05, 4.69) is 0 Å². The van der Waals surface area contributed by atoms with E-state index in [1.807, 2.05) is 6.92 Å². The van der Waals surface area contributed by atoms with Crippen LogP contribution in [0, 0.1) is 0 Å². The van der Waals surface area contributed by atoms with Gasteiger partial charge < -0.3 is 14.2 Å². The first kappa shape index (κ1) is 5.65. The first-order valence-electron chi connectivity index (χ1n) is 3.24. The van der Waals surface area contributed by atoms with Crippen LogP contribution in [0.25, 0.3) is 0 Å². The SMILES string of the molecule is CC12OCCC(CO1)O2. The molecule has 0 spiro atoms. The Hall–Kier alpha value is -0.120. The van der Waals surface area contributed by atoms with Gasteiger partial charge in [-0.1, -0.05) is 0 Å². The first-order valence-corrected chi connectivity index (χ1v) is 3.24. The predicted molar refractivity (Wildman–Crippen MR) is 29.8 cm³/mol. The Morgan fingerprint density at radius 1 is 1.44 bits per heavy atom. The second kappa shape index (κ2) is 1.68. The molecule has 0 saturated carbocycles. The zero-order valence-corrected chi connectivity index (χ0v) is 5.42. The Labute approximate surface area is 53.9 Å². The van der Waals surface area contributed by atoms with Gasteiger partial charge in [0.1, 0.15) is 0 Å². The van der Waals surface area contributed by atoms with Gasteiger partial charge in [0, 0.05) is 6.92 Å². The Morgan fingerprint density at radius 2 is 2.33 bits per heavy atom. The molecule has 0 radical (unpaired) electrons. The Bertz CT molecular complexity index is 121. The molecule has 0 aliphatic carbocycles. The molecule has 2 unspecified atom stereocenters. The molecule has 3 heteroatoms. The highest BCUT2D eigenvalue weighted by Gasteiger charge is 2.41. The first-order chi connectivity index (χ1) is 4.29. The van der Waals surface area contributed by atoms with Crippen LogP contribution in [0.4, 0.5) is 0 Å². The van der Waals surface area contributed by atoms with Crippen LogP contribution in [-0.4, -0.2) is 25.3 Å². The van der Waals surface area contributed by atoms with E-state index >= 15 is 0 Å². The van der Waals surface area contributed by atoms with Crippen LogP contribution in [0.3, 0.4) is 0 Å². The van der Waals surface area contributed by atoms with Gasteiger partial charge in [-0.25, -0.2) is 0 Å². The van der Waals surface area contributed by atoms with E-state index in [1.165, 1.54) is 0 Å². The van der Waals surface area contributed by atoms with Crippen LogP contribution in [0.15, 0.2) is 0 Å². The molecule has 2 bridgehead atoms. The third-order valence-corrected chi connectivity index (χ3v) is 1.72. The highest BCUT2D eigenvalue weighted by atomic mass is 16.9. The monoisotopic (exact) mass is 130 g/mol. The van der Waals surface area contributed by atoms with E-state index in [0.29, 0.717) is 6.61 Å². The molecule has 2 atom stereocenters. The summed E-state index contributed by atoms with van der Waals surface area (Å²) in [5, 5.41) is 0. The van der Waals surface area contributed by atoms with Crippen molar-refractivity contribution in [2.45, 2.75) is 25.4 Å². The molecule has 0 aromatic carbocycles. The summed E-state index contributed by atoms with van der Waals surface area (Å²) in [5.74, 6) is -0.705. The fourth-order valence-corrected chi connectivity index (χ4v) is 1.21. The average Bonchev–Trinajstić information content (AvgIpc) is 2.07. The lowest BCUT2D eigenvalue weighted by Gasteiger charge is -2.27. The fourth-order valence-electron chi connectivity index (χ4n) is 1.21. The average molecular weight is 130 g/mol. The predicted octanol–water partition coefficient (Wildman–Crippen LogP) is 0.496. The summed E-state index contributed by atoms with van der Waals surface area (Å²) in [7, 11) is 0. The van der Waals surface area contributed by atoms with Crippen molar-refractivity contribution in [3.8, 4) is 0 Å². The summed E-state index contributed by atoms with van der Waals surface area (Å²) in [5.41, 5.74) is 0. The lowest BCUT2D eigenvalue weighted by molar-refractivity contribution is -0.342. The van der Waals surface area contributed by atoms with Gasteiger partial charge in [-0.15, -0.1) is 0 Å². The van der Waals surface area contributed by atoms with Crippen molar-refractivity contribution >= 4 is 0 Å². The Balaban J connectivity index is 2.13. The van der Waals surface area contributed by atoms with Crippen LogP contribution in [-0.2, 0) is 14.2 Å². The van der Waals surface area contributed by atoms with E-state index in [-0.39, 0.29) is 6.10 Å². The van der Waals surface area contributed by atoms with Crippen molar-refractivity contribution < 1.29 is 14.2 Å². The quantitative estimate of drug-likeness (QED) is 0.477. The lowest BCUT2D eigenvalue weighted by atomic mass is 10.3. The summed E-state index contributed by atoms with van der Waals surface area (Å²) in [6.07, 6.45) is 1.25. The molecule has 0 aromatic heterocycles. The van der Waals surface area contributed by atoms with Gasteiger partial charge in [-0.2, -0.15) is 0 Å². The van der Waals surface area contributed by atoms with Crippen molar-refractivity contribution in [3.05, 3.63) is 0 Å². The molecular formula is C6H10O3. The standard InChI is InChI=1S/C6H10O3/c1-6-7-3-2-5(9-6)4-8-6/h5H,2-4H2,1H3. The molecule has 2 saturated heterocycles. The summed E-state index contributed by atoms with van der Waals surface area (Å²) < 4.78 is 15.8. The van der Waals surface area contributed by atoms with Crippen LogP contribution < -0.4 is 0 Å². The lowest BCUT2D eigenvalue weighted by Crippen LogP contribution is -2.35. The minimum absolute atomic E-state index is 0.281. The topological polar surface area (TPSA) is 27.7 Å². The summed E-state index contributed by atoms with van der Waals surface area (Å²) in [6, 6.07) is 0. The van der Waals surface area contributed by atoms with Crippen LogP contribution in [0.5, 0.6) is 0 Å². The maximum absolute atomic E-state index is 5.34. The zero-order chi connectivity index (χ0) is 6.32. The normalized spacial score (nSPS) is 49.7. The minimum atomic E-state index is -0.705. The van der Waals surface area contributed by atoms with Crippen molar-refractivity contribution in [1.29, 1.82) is 0 Å². The minimum Gasteiger partial charge on any atom is -0.328 e. The van der Waals surface area contributed by atoms with E-state index in [9.17, 15) is 0 Å². The number of hydrogen-bond donors (Lipinski definition) is 0. The molecule has 3 nitrogen and oxygen atoms in total. The molecule has 2 fully saturated rings. The molecule has 9 heavy (non-hydrogen) atoms. The number of hydrogen-bond acceptors (Lipinski definition) is 3. The van der Waals surface area contributed by atoms with E-state index < -0.39 is 5.97 Å². The van der Waals surface area contributed by atoms with Gasteiger partial charge in [-0.3, -0.25) is 0 Å². The van der Waals surface area contributed by atoms with Crippen LogP contribution >= 0.6 is 0 Å². The Morgan fingerprint density at radius 3 is 3.00 bits per heavy atom. The van der Waals surface area contributed by atoms with E-state index in [4.69, 9.17) is 14.2 Å². The maximum atomic E-state index is 5.34. The van der Waals surface area contributed by atoms with Gasteiger partial charge in [0.15, 0.2) is 0 Å². The largest absolute Gasteiger partial charge is 0.328 e.